The number of aromatic nitrogens is 3. The Morgan fingerprint density at radius 2 is 1.93 bits per heavy atom. The van der Waals surface area contributed by atoms with Crippen LogP contribution in [0.3, 0.4) is 0 Å². The summed E-state index contributed by atoms with van der Waals surface area (Å²) in [6.07, 6.45) is 0.239. The molecule has 0 aliphatic carbocycles. The first kappa shape index (κ1) is 12.5. The van der Waals surface area contributed by atoms with E-state index >= 15 is 0 Å². The smallest absolute Gasteiger partial charge is 0.225 e. The average molecular weight is 232 g/mol. The second-order valence-corrected chi connectivity index (χ2v) is 4.39. The normalized spacial score (nSPS) is 11.7. The molecule has 0 unspecified atom stereocenters. The standard InChI is InChI=1S/C10H18ClN3O/c1-7(2)9-12-13-10(11)14(9)5-6-15-8(3)4/h7-8H,5-6H2,1-4H3. The van der Waals surface area contributed by atoms with Crippen molar-refractivity contribution in [2.75, 3.05) is 6.61 Å². The molecule has 15 heavy (non-hydrogen) atoms. The number of nitrogens with zero attached hydrogens (tertiary/aromatic N) is 3. The molecule has 0 amide bonds. The molecule has 0 aliphatic rings. The van der Waals surface area contributed by atoms with Gasteiger partial charge in [0.25, 0.3) is 0 Å². The summed E-state index contributed by atoms with van der Waals surface area (Å²) < 4.78 is 7.37. The van der Waals surface area contributed by atoms with Gasteiger partial charge in [0.2, 0.25) is 5.28 Å². The summed E-state index contributed by atoms with van der Waals surface area (Å²) in [5.41, 5.74) is 0. The minimum atomic E-state index is 0.239. The van der Waals surface area contributed by atoms with Gasteiger partial charge in [0.15, 0.2) is 0 Å². The Morgan fingerprint density at radius 3 is 2.47 bits per heavy atom. The zero-order chi connectivity index (χ0) is 11.4. The van der Waals surface area contributed by atoms with Gasteiger partial charge in [-0.25, -0.2) is 0 Å². The number of ether oxygens (including phenoxy) is 1. The lowest BCUT2D eigenvalue weighted by atomic mass is 10.2. The molecule has 0 bridgehead atoms. The van der Waals surface area contributed by atoms with Crippen LogP contribution in [0.25, 0.3) is 0 Å². The molecule has 1 heterocycles. The summed E-state index contributed by atoms with van der Waals surface area (Å²) in [5.74, 6) is 1.23. The molecule has 0 spiro atoms. The van der Waals surface area contributed by atoms with Gasteiger partial charge in [-0.1, -0.05) is 13.8 Å². The predicted octanol–water partition coefficient (Wildman–Crippen LogP) is 2.48. The van der Waals surface area contributed by atoms with Crippen LogP contribution in [0.4, 0.5) is 0 Å². The maximum Gasteiger partial charge on any atom is 0.225 e. The topological polar surface area (TPSA) is 39.9 Å². The monoisotopic (exact) mass is 231 g/mol. The summed E-state index contributed by atoms with van der Waals surface area (Å²) in [6, 6.07) is 0. The minimum Gasteiger partial charge on any atom is -0.377 e. The van der Waals surface area contributed by atoms with Crippen LogP contribution in [0.5, 0.6) is 0 Å². The fourth-order valence-corrected chi connectivity index (χ4v) is 1.52. The predicted molar refractivity (Wildman–Crippen MR) is 60.2 cm³/mol. The first-order valence-electron chi connectivity index (χ1n) is 5.22. The molecule has 0 fully saturated rings. The van der Waals surface area contributed by atoms with Gasteiger partial charge in [-0.3, -0.25) is 4.57 Å². The summed E-state index contributed by atoms with van der Waals surface area (Å²) in [6.45, 7) is 9.50. The first-order chi connectivity index (χ1) is 7.02. The van der Waals surface area contributed by atoms with Gasteiger partial charge in [-0.15, -0.1) is 10.2 Å². The maximum atomic E-state index is 5.94. The molecule has 0 N–H and O–H groups in total. The third-order valence-electron chi connectivity index (χ3n) is 2.02. The van der Waals surface area contributed by atoms with Crippen LogP contribution < -0.4 is 0 Å². The van der Waals surface area contributed by atoms with E-state index in [4.69, 9.17) is 16.3 Å². The third kappa shape index (κ3) is 3.47. The van der Waals surface area contributed by atoms with Crippen molar-refractivity contribution in [3.05, 3.63) is 11.1 Å². The Bertz CT molecular complexity index is 310. The Balaban J connectivity index is 2.62. The van der Waals surface area contributed by atoms with E-state index in [0.29, 0.717) is 24.4 Å². The van der Waals surface area contributed by atoms with Crippen LogP contribution in [-0.4, -0.2) is 27.5 Å². The molecule has 0 radical (unpaired) electrons. The molecule has 0 aromatic carbocycles. The van der Waals surface area contributed by atoms with Gasteiger partial charge in [0, 0.05) is 5.92 Å². The quantitative estimate of drug-likeness (QED) is 0.782. The molecular weight excluding hydrogens is 214 g/mol. The third-order valence-corrected chi connectivity index (χ3v) is 2.30. The van der Waals surface area contributed by atoms with E-state index in [9.17, 15) is 0 Å². The molecule has 0 atom stereocenters. The molecule has 1 aromatic heterocycles. The fraction of sp³-hybridized carbons (Fsp3) is 0.800. The molecular formula is C10H18ClN3O. The van der Waals surface area contributed by atoms with Crippen molar-refractivity contribution in [3.8, 4) is 0 Å². The lowest BCUT2D eigenvalue weighted by Crippen LogP contribution is -2.13. The largest absolute Gasteiger partial charge is 0.377 e. The van der Waals surface area contributed by atoms with E-state index < -0.39 is 0 Å². The Hall–Kier alpha value is -0.610. The zero-order valence-electron chi connectivity index (χ0n) is 9.70. The SMILES string of the molecule is CC(C)OCCn1c(Cl)nnc1C(C)C. The highest BCUT2D eigenvalue weighted by Crippen LogP contribution is 2.16. The molecule has 1 aromatic rings. The lowest BCUT2D eigenvalue weighted by Gasteiger charge is -2.11. The van der Waals surface area contributed by atoms with E-state index in [0.717, 1.165) is 5.82 Å². The van der Waals surface area contributed by atoms with E-state index in [1.165, 1.54) is 0 Å². The van der Waals surface area contributed by atoms with E-state index in [1.54, 1.807) is 0 Å². The summed E-state index contributed by atoms with van der Waals surface area (Å²) >= 11 is 5.94. The highest BCUT2D eigenvalue weighted by molar-refractivity contribution is 6.28. The van der Waals surface area contributed by atoms with Gasteiger partial charge >= 0.3 is 0 Å². The Labute approximate surface area is 95.6 Å². The molecule has 1 rings (SSSR count). The fourth-order valence-electron chi connectivity index (χ4n) is 1.31. The van der Waals surface area contributed by atoms with Crippen molar-refractivity contribution in [2.45, 2.75) is 46.3 Å². The minimum absolute atomic E-state index is 0.239. The van der Waals surface area contributed by atoms with Crippen molar-refractivity contribution in [1.29, 1.82) is 0 Å². The highest BCUT2D eigenvalue weighted by atomic mass is 35.5. The Morgan fingerprint density at radius 1 is 1.27 bits per heavy atom. The van der Waals surface area contributed by atoms with Crippen molar-refractivity contribution in [3.63, 3.8) is 0 Å². The second kappa shape index (κ2) is 5.47. The van der Waals surface area contributed by atoms with Crippen LogP contribution in [-0.2, 0) is 11.3 Å². The highest BCUT2D eigenvalue weighted by Gasteiger charge is 2.12. The molecule has 0 saturated carbocycles. The zero-order valence-corrected chi connectivity index (χ0v) is 10.5. The van der Waals surface area contributed by atoms with Gasteiger partial charge in [0.1, 0.15) is 5.82 Å². The van der Waals surface area contributed by atoms with Crippen LogP contribution in [0.1, 0.15) is 39.4 Å². The van der Waals surface area contributed by atoms with E-state index in [1.807, 2.05) is 18.4 Å². The maximum absolute atomic E-state index is 5.94. The van der Waals surface area contributed by atoms with Gasteiger partial charge in [-0.05, 0) is 25.4 Å². The van der Waals surface area contributed by atoms with Crippen LogP contribution >= 0.6 is 11.6 Å². The van der Waals surface area contributed by atoms with Gasteiger partial charge in [0.05, 0.1) is 19.3 Å². The van der Waals surface area contributed by atoms with Crippen molar-refractivity contribution in [2.24, 2.45) is 0 Å². The second-order valence-electron chi connectivity index (χ2n) is 4.05. The van der Waals surface area contributed by atoms with Gasteiger partial charge < -0.3 is 4.74 Å². The summed E-state index contributed by atoms with van der Waals surface area (Å²) in [5, 5.41) is 8.33. The van der Waals surface area contributed by atoms with Crippen LogP contribution in [0.15, 0.2) is 0 Å². The van der Waals surface area contributed by atoms with Crippen molar-refractivity contribution in [1.82, 2.24) is 14.8 Å². The van der Waals surface area contributed by atoms with E-state index in [-0.39, 0.29) is 6.10 Å². The van der Waals surface area contributed by atoms with Crippen LogP contribution in [0.2, 0.25) is 5.28 Å². The molecule has 86 valence electrons. The average Bonchev–Trinajstić information content (AvgIpc) is 2.47. The number of hydrogen-bond donors (Lipinski definition) is 0. The van der Waals surface area contributed by atoms with Crippen molar-refractivity contribution >= 4 is 11.6 Å². The number of halogens is 1. The molecule has 4 nitrogen and oxygen atoms in total. The molecule has 0 aliphatic heterocycles. The summed E-state index contributed by atoms with van der Waals surface area (Å²) in [4.78, 5) is 0. The number of rotatable bonds is 5. The van der Waals surface area contributed by atoms with E-state index in [2.05, 4.69) is 24.0 Å². The first-order valence-corrected chi connectivity index (χ1v) is 5.60. The Kier molecular flexibility index (Phi) is 4.54. The number of hydrogen-bond acceptors (Lipinski definition) is 3. The summed E-state index contributed by atoms with van der Waals surface area (Å²) in [7, 11) is 0. The molecule has 0 saturated heterocycles. The van der Waals surface area contributed by atoms with Gasteiger partial charge in [-0.2, -0.15) is 0 Å². The molecule has 5 heteroatoms. The van der Waals surface area contributed by atoms with Crippen LogP contribution in [0, 0.1) is 0 Å². The van der Waals surface area contributed by atoms with Crippen molar-refractivity contribution < 1.29 is 4.74 Å². The lowest BCUT2D eigenvalue weighted by molar-refractivity contribution is 0.0722.